The summed E-state index contributed by atoms with van der Waals surface area (Å²) in [7, 11) is 3.11. The van der Waals surface area contributed by atoms with Crippen molar-refractivity contribution in [3.8, 4) is 22.8 Å². The Bertz CT molecular complexity index is 1090. The maximum atomic E-state index is 12.4. The zero-order chi connectivity index (χ0) is 19.5. The molecular formula is C20H18N4O3S. The van der Waals surface area contributed by atoms with Crippen molar-refractivity contribution in [1.82, 2.24) is 9.38 Å². The number of amides is 2. The number of anilines is 2. The second-order valence-electron chi connectivity index (χ2n) is 5.94. The van der Waals surface area contributed by atoms with Gasteiger partial charge in [-0.2, -0.15) is 0 Å². The Morgan fingerprint density at radius 1 is 1.07 bits per heavy atom. The average Bonchev–Trinajstić information content (AvgIpc) is 3.30. The third-order valence-corrected chi connectivity index (χ3v) is 4.96. The minimum Gasteiger partial charge on any atom is -0.497 e. The number of carbonyl (C=O) groups excluding carboxylic acids is 1. The predicted octanol–water partition coefficient (Wildman–Crippen LogP) is 4.72. The van der Waals surface area contributed by atoms with E-state index in [9.17, 15) is 4.79 Å². The molecule has 0 saturated heterocycles. The van der Waals surface area contributed by atoms with Gasteiger partial charge in [0.05, 0.1) is 25.6 Å². The van der Waals surface area contributed by atoms with Gasteiger partial charge in [0.1, 0.15) is 11.5 Å². The van der Waals surface area contributed by atoms with Gasteiger partial charge in [-0.15, -0.1) is 11.3 Å². The molecule has 2 aromatic carbocycles. The molecule has 4 rings (SSSR count). The molecule has 4 aromatic rings. The van der Waals surface area contributed by atoms with Gasteiger partial charge in [-0.05, 0) is 24.3 Å². The molecule has 0 aliphatic heterocycles. The van der Waals surface area contributed by atoms with Gasteiger partial charge >= 0.3 is 6.03 Å². The highest BCUT2D eigenvalue weighted by Crippen LogP contribution is 2.29. The summed E-state index contributed by atoms with van der Waals surface area (Å²) in [5.41, 5.74) is 3.07. The van der Waals surface area contributed by atoms with Gasteiger partial charge in [0.25, 0.3) is 0 Å². The van der Waals surface area contributed by atoms with Gasteiger partial charge in [0, 0.05) is 35.1 Å². The fraction of sp³-hybridized carbons (Fsp3) is 0.100. The van der Waals surface area contributed by atoms with Gasteiger partial charge in [0.15, 0.2) is 4.96 Å². The third-order valence-electron chi connectivity index (χ3n) is 4.19. The lowest BCUT2D eigenvalue weighted by molar-refractivity contribution is 0.262. The number of methoxy groups -OCH3 is 2. The standard InChI is InChI=1S/C20H18N4O3S/c1-26-15-7-8-18(27-2)16(11-15)22-19(25)21-14-5-3-13(4-6-14)17-12-24-9-10-28-20(24)23-17/h3-12H,1-2H3,(H2,21,22,25). The molecule has 0 fully saturated rings. The van der Waals surface area contributed by atoms with Gasteiger partial charge in [-0.1, -0.05) is 12.1 Å². The number of nitrogens with zero attached hydrogens (tertiary/aromatic N) is 2. The van der Waals surface area contributed by atoms with E-state index in [4.69, 9.17) is 9.47 Å². The summed E-state index contributed by atoms with van der Waals surface area (Å²) < 4.78 is 12.5. The molecule has 0 bridgehead atoms. The largest absolute Gasteiger partial charge is 0.497 e. The van der Waals surface area contributed by atoms with E-state index >= 15 is 0 Å². The number of benzene rings is 2. The lowest BCUT2D eigenvalue weighted by atomic mass is 10.1. The second kappa shape index (κ2) is 7.61. The van der Waals surface area contributed by atoms with Crippen LogP contribution >= 0.6 is 11.3 Å². The van der Waals surface area contributed by atoms with E-state index in [1.807, 2.05) is 46.4 Å². The van der Waals surface area contributed by atoms with Crippen LogP contribution in [0.1, 0.15) is 0 Å². The molecule has 2 N–H and O–H groups in total. The van der Waals surface area contributed by atoms with Crippen LogP contribution in [0.15, 0.2) is 60.2 Å². The number of aromatic nitrogens is 2. The normalized spacial score (nSPS) is 10.6. The maximum absolute atomic E-state index is 12.4. The fourth-order valence-corrected chi connectivity index (χ4v) is 3.49. The number of ether oxygens (including phenoxy) is 2. The molecule has 0 saturated carbocycles. The first-order valence-electron chi connectivity index (χ1n) is 8.49. The Morgan fingerprint density at radius 2 is 1.89 bits per heavy atom. The average molecular weight is 394 g/mol. The topological polar surface area (TPSA) is 76.9 Å². The fourth-order valence-electron chi connectivity index (χ4n) is 2.79. The van der Waals surface area contributed by atoms with Crippen LogP contribution in [0.3, 0.4) is 0 Å². The van der Waals surface area contributed by atoms with Gasteiger partial charge < -0.3 is 20.1 Å². The summed E-state index contributed by atoms with van der Waals surface area (Å²) in [4.78, 5) is 17.9. The number of fused-ring (bicyclic) bond motifs is 1. The Kier molecular flexibility index (Phi) is 4.86. The lowest BCUT2D eigenvalue weighted by Crippen LogP contribution is -2.19. The minimum absolute atomic E-state index is 0.373. The lowest BCUT2D eigenvalue weighted by Gasteiger charge is -2.12. The van der Waals surface area contributed by atoms with Gasteiger partial charge in [0.2, 0.25) is 0 Å². The first-order valence-corrected chi connectivity index (χ1v) is 9.37. The van der Waals surface area contributed by atoms with E-state index in [0.717, 1.165) is 16.2 Å². The van der Waals surface area contributed by atoms with Crippen molar-refractivity contribution < 1.29 is 14.3 Å². The molecule has 2 heterocycles. The SMILES string of the molecule is COc1ccc(OC)c(NC(=O)Nc2ccc(-c3cn4ccsc4n3)cc2)c1. The third kappa shape index (κ3) is 3.63. The van der Waals surface area contributed by atoms with Crippen LogP contribution in [0.25, 0.3) is 16.2 Å². The number of urea groups is 1. The smallest absolute Gasteiger partial charge is 0.323 e. The molecule has 0 aliphatic carbocycles. The summed E-state index contributed by atoms with van der Waals surface area (Å²) in [5.74, 6) is 1.17. The molecule has 142 valence electrons. The Labute approximate surface area is 165 Å². The second-order valence-corrected chi connectivity index (χ2v) is 6.81. The molecule has 8 heteroatoms. The predicted molar refractivity (Wildman–Crippen MR) is 111 cm³/mol. The molecule has 2 amide bonds. The van der Waals surface area contributed by atoms with E-state index in [1.54, 1.807) is 43.8 Å². The number of carbonyl (C=O) groups is 1. The first-order chi connectivity index (χ1) is 13.7. The monoisotopic (exact) mass is 394 g/mol. The molecule has 0 atom stereocenters. The maximum Gasteiger partial charge on any atom is 0.323 e. The summed E-state index contributed by atoms with van der Waals surface area (Å²) in [5, 5.41) is 7.58. The van der Waals surface area contributed by atoms with Crippen molar-refractivity contribution in [3.05, 3.63) is 60.2 Å². The number of rotatable bonds is 5. The van der Waals surface area contributed by atoms with Gasteiger partial charge in [-0.3, -0.25) is 4.40 Å². The van der Waals surface area contributed by atoms with Crippen LogP contribution in [-0.4, -0.2) is 29.6 Å². The van der Waals surface area contributed by atoms with Crippen molar-refractivity contribution in [2.24, 2.45) is 0 Å². The van der Waals surface area contributed by atoms with Crippen LogP contribution in [0.4, 0.5) is 16.2 Å². The molecule has 28 heavy (non-hydrogen) atoms. The summed E-state index contributed by atoms with van der Waals surface area (Å²) in [6, 6.07) is 12.4. The zero-order valence-corrected chi connectivity index (χ0v) is 16.1. The highest BCUT2D eigenvalue weighted by atomic mass is 32.1. The Morgan fingerprint density at radius 3 is 2.61 bits per heavy atom. The zero-order valence-electron chi connectivity index (χ0n) is 15.3. The highest BCUT2D eigenvalue weighted by Gasteiger charge is 2.10. The van der Waals surface area contributed by atoms with E-state index < -0.39 is 0 Å². The summed E-state index contributed by atoms with van der Waals surface area (Å²) >= 11 is 1.59. The van der Waals surface area contributed by atoms with E-state index in [2.05, 4.69) is 15.6 Å². The quantitative estimate of drug-likeness (QED) is 0.513. The number of imidazole rings is 1. The number of hydrogen-bond acceptors (Lipinski definition) is 5. The summed E-state index contributed by atoms with van der Waals surface area (Å²) in [6.07, 6.45) is 3.96. The van der Waals surface area contributed by atoms with Crippen molar-refractivity contribution >= 4 is 33.7 Å². The van der Waals surface area contributed by atoms with Crippen molar-refractivity contribution in [1.29, 1.82) is 0 Å². The number of nitrogens with one attached hydrogen (secondary N) is 2. The summed E-state index contributed by atoms with van der Waals surface area (Å²) in [6.45, 7) is 0. The molecule has 7 nitrogen and oxygen atoms in total. The van der Waals surface area contributed by atoms with Crippen molar-refractivity contribution in [2.45, 2.75) is 0 Å². The van der Waals surface area contributed by atoms with E-state index in [0.29, 0.717) is 22.9 Å². The van der Waals surface area contributed by atoms with Crippen LogP contribution in [-0.2, 0) is 0 Å². The van der Waals surface area contributed by atoms with Crippen LogP contribution < -0.4 is 20.1 Å². The number of hydrogen-bond donors (Lipinski definition) is 2. The van der Waals surface area contributed by atoms with Crippen molar-refractivity contribution in [3.63, 3.8) is 0 Å². The first kappa shape index (κ1) is 17.9. The highest BCUT2D eigenvalue weighted by molar-refractivity contribution is 7.15. The van der Waals surface area contributed by atoms with Crippen LogP contribution in [0, 0.1) is 0 Å². The molecule has 0 aliphatic rings. The molecule has 0 spiro atoms. The Balaban J connectivity index is 1.45. The molecular weight excluding hydrogens is 376 g/mol. The minimum atomic E-state index is -0.373. The van der Waals surface area contributed by atoms with Gasteiger partial charge in [-0.25, -0.2) is 9.78 Å². The number of thiazole rings is 1. The molecule has 0 radical (unpaired) electrons. The molecule has 2 aromatic heterocycles. The van der Waals surface area contributed by atoms with E-state index in [1.165, 1.54) is 0 Å². The van der Waals surface area contributed by atoms with E-state index in [-0.39, 0.29) is 6.03 Å². The molecule has 0 unspecified atom stereocenters. The van der Waals surface area contributed by atoms with Crippen LogP contribution in [0.2, 0.25) is 0 Å². The van der Waals surface area contributed by atoms with Crippen molar-refractivity contribution in [2.75, 3.05) is 24.9 Å². The van der Waals surface area contributed by atoms with Crippen LogP contribution in [0.5, 0.6) is 11.5 Å². The Hall–Kier alpha value is -3.52.